The summed E-state index contributed by atoms with van der Waals surface area (Å²) in [5, 5.41) is 5.11. The molecular weight excluding hydrogens is 324 g/mol. The zero-order valence-corrected chi connectivity index (χ0v) is 15.5. The Kier molecular flexibility index (Phi) is 4.11. The number of ketones is 1. The Bertz CT molecular complexity index is 821. The van der Waals surface area contributed by atoms with E-state index in [4.69, 9.17) is 0 Å². The number of hydrogen-bond donors (Lipinski definition) is 2. The molecule has 3 atom stereocenters. The van der Waals surface area contributed by atoms with E-state index < -0.39 is 0 Å². The van der Waals surface area contributed by atoms with E-state index in [1.165, 1.54) is 22.0 Å². The van der Waals surface area contributed by atoms with Crippen LogP contribution < -0.4 is 5.32 Å². The van der Waals surface area contributed by atoms with Crippen molar-refractivity contribution >= 4 is 16.7 Å². The summed E-state index contributed by atoms with van der Waals surface area (Å²) in [6, 6.07) is 7.05. The second-order valence-corrected chi connectivity index (χ2v) is 8.39. The number of aromatic amines is 1. The normalized spacial score (nSPS) is 29.7. The van der Waals surface area contributed by atoms with Crippen LogP contribution in [0.2, 0.25) is 0 Å². The molecule has 5 heteroatoms. The summed E-state index contributed by atoms with van der Waals surface area (Å²) in [5.74, 6) is 1.02. The van der Waals surface area contributed by atoms with Crippen molar-refractivity contribution in [3.8, 4) is 0 Å². The zero-order valence-electron chi connectivity index (χ0n) is 15.5. The summed E-state index contributed by atoms with van der Waals surface area (Å²) in [7, 11) is 2.16. The second kappa shape index (κ2) is 6.48. The molecule has 3 heterocycles. The molecular formula is C21H28N4O. The molecule has 0 saturated carbocycles. The fraction of sp³-hybridized carbons (Fsp3) is 0.571. The maximum Gasteiger partial charge on any atom is 0.151 e. The number of hydrogen-bond acceptors (Lipinski definition) is 4. The highest BCUT2D eigenvalue weighted by molar-refractivity contribution is 5.89. The number of rotatable bonds is 3. The molecule has 0 spiro atoms. The van der Waals surface area contributed by atoms with Crippen LogP contribution in [-0.4, -0.2) is 72.9 Å². The van der Waals surface area contributed by atoms with Gasteiger partial charge in [0.1, 0.15) is 0 Å². The van der Waals surface area contributed by atoms with Crippen molar-refractivity contribution in [2.75, 3.05) is 46.3 Å². The van der Waals surface area contributed by atoms with Gasteiger partial charge in [0.2, 0.25) is 0 Å². The molecule has 2 fully saturated rings. The number of Topliss-reactive ketones (excluding diaryl/α,β-unsaturated/α-hetero) is 1. The lowest BCUT2D eigenvalue weighted by Crippen LogP contribution is -2.51. The second-order valence-electron chi connectivity index (χ2n) is 8.39. The van der Waals surface area contributed by atoms with Crippen molar-refractivity contribution in [1.82, 2.24) is 20.1 Å². The molecule has 5 rings (SSSR count). The topological polar surface area (TPSA) is 51.4 Å². The average molecular weight is 352 g/mol. The number of benzene rings is 1. The van der Waals surface area contributed by atoms with Crippen LogP contribution in [0, 0.1) is 5.92 Å². The van der Waals surface area contributed by atoms with Crippen molar-refractivity contribution in [2.45, 2.75) is 24.8 Å². The SMILES string of the molecule is CN1CCN(CC(=O)C2CN[C@@H]3Cc4c[nH]c5cccc(c45)C3C2)CC1. The first kappa shape index (κ1) is 16.5. The van der Waals surface area contributed by atoms with Crippen LogP contribution >= 0.6 is 0 Å². The van der Waals surface area contributed by atoms with Gasteiger partial charge < -0.3 is 15.2 Å². The predicted octanol–water partition coefficient (Wildman–Crippen LogP) is 1.60. The molecule has 0 bridgehead atoms. The highest BCUT2D eigenvalue weighted by Gasteiger charge is 2.38. The van der Waals surface area contributed by atoms with Crippen LogP contribution in [-0.2, 0) is 11.2 Å². The molecule has 2 aromatic rings. The van der Waals surface area contributed by atoms with Gasteiger partial charge in [0.15, 0.2) is 5.78 Å². The number of piperazine rings is 1. The Morgan fingerprint density at radius 1 is 1.23 bits per heavy atom. The van der Waals surface area contributed by atoms with Gasteiger partial charge in [-0.2, -0.15) is 0 Å². The van der Waals surface area contributed by atoms with Crippen LogP contribution in [0.5, 0.6) is 0 Å². The number of piperidine rings is 1. The fourth-order valence-electron chi connectivity index (χ4n) is 5.14. The molecule has 1 aliphatic carbocycles. The zero-order chi connectivity index (χ0) is 17.7. The average Bonchev–Trinajstić information content (AvgIpc) is 3.08. The third-order valence-electron chi connectivity index (χ3n) is 6.74. The summed E-state index contributed by atoms with van der Waals surface area (Å²) < 4.78 is 0. The quantitative estimate of drug-likeness (QED) is 0.881. The smallest absolute Gasteiger partial charge is 0.151 e. The molecule has 0 amide bonds. The highest BCUT2D eigenvalue weighted by atomic mass is 16.1. The van der Waals surface area contributed by atoms with Crippen LogP contribution in [0.4, 0.5) is 0 Å². The van der Waals surface area contributed by atoms with Gasteiger partial charge in [0, 0.05) is 67.7 Å². The first-order valence-electron chi connectivity index (χ1n) is 9.95. The predicted molar refractivity (Wildman–Crippen MR) is 104 cm³/mol. The van der Waals surface area contributed by atoms with Gasteiger partial charge in [-0.1, -0.05) is 12.1 Å². The van der Waals surface area contributed by atoms with Gasteiger partial charge in [-0.25, -0.2) is 0 Å². The third-order valence-corrected chi connectivity index (χ3v) is 6.74. The number of H-pyrrole nitrogens is 1. The Labute approximate surface area is 154 Å². The van der Waals surface area contributed by atoms with Gasteiger partial charge in [0.25, 0.3) is 0 Å². The molecule has 2 unspecified atom stereocenters. The first-order chi connectivity index (χ1) is 12.7. The van der Waals surface area contributed by atoms with Crippen molar-refractivity contribution in [2.24, 2.45) is 5.92 Å². The Morgan fingerprint density at radius 2 is 2.08 bits per heavy atom. The van der Waals surface area contributed by atoms with E-state index in [-0.39, 0.29) is 5.92 Å². The first-order valence-corrected chi connectivity index (χ1v) is 9.95. The molecule has 1 aromatic carbocycles. The minimum Gasteiger partial charge on any atom is -0.361 e. The molecule has 2 N–H and O–H groups in total. The van der Waals surface area contributed by atoms with E-state index in [0.29, 0.717) is 24.3 Å². The lowest BCUT2D eigenvalue weighted by Gasteiger charge is -2.40. The number of nitrogens with zero attached hydrogens (tertiary/aromatic N) is 2. The van der Waals surface area contributed by atoms with Crippen LogP contribution in [0.3, 0.4) is 0 Å². The van der Waals surface area contributed by atoms with E-state index in [2.05, 4.69) is 51.5 Å². The van der Waals surface area contributed by atoms with Crippen LogP contribution in [0.25, 0.3) is 10.9 Å². The Balaban J connectivity index is 1.32. The summed E-state index contributed by atoms with van der Waals surface area (Å²) in [4.78, 5) is 21.0. The van der Waals surface area contributed by atoms with E-state index in [1.807, 2.05) is 0 Å². The standard InChI is InChI=1S/C21H28N4O/c1-24-5-7-25(8-6-24)13-20(26)14-9-17-16-3-2-4-18-21(16)15(12-22-18)10-19(17)23-11-14/h2-4,12,14,17,19,22-23H,5-11,13H2,1H3/t14?,17?,19-/m1/s1. The minimum atomic E-state index is 0.145. The molecule has 5 nitrogen and oxygen atoms in total. The highest BCUT2D eigenvalue weighted by Crippen LogP contribution is 2.41. The van der Waals surface area contributed by atoms with Crippen molar-refractivity contribution in [3.63, 3.8) is 0 Å². The lowest BCUT2D eigenvalue weighted by atomic mass is 9.72. The number of nitrogens with one attached hydrogen (secondary N) is 2. The van der Waals surface area contributed by atoms with E-state index in [1.54, 1.807) is 0 Å². The third kappa shape index (κ3) is 2.79. The molecule has 138 valence electrons. The molecule has 2 saturated heterocycles. The largest absolute Gasteiger partial charge is 0.361 e. The van der Waals surface area contributed by atoms with Crippen molar-refractivity contribution < 1.29 is 4.79 Å². The van der Waals surface area contributed by atoms with E-state index >= 15 is 0 Å². The number of carbonyl (C=O) groups is 1. The maximum absolute atomic E-state index is 13.0. The number of aromatic nitrogens is 1. The summed E-state index contributed by atoms with van der Waals surface area (Å²) >= 11 is 0. The van der Waals surface area contributed by atoms with Gasteiger partial charge in [-0.15, -0.1) is 0 Å². The summed E-state index contributed by atoms with van der Waals surface area (Å²) in [6.45, 7) is 5.62. The molecule has 0 radical (unpaired) electrons. The van der Waals surface area contributed by atoms with Crippen molar-refractivity contribution in [3.05, 3.63) is 35.5 Å². The van der Waals surface area contributed by atoms with E-state index in [9.17, 15) is 4.79 Å². The van der Waals surface area contributed by atoms with E-state index in [0.717, 1.165) is 45.6 Å². The Morgan fingerprint density at radius 3 is 2.92 bits per heavy atom. The summed E-state index contributed by atoms with van der Waals surface area (Å²) in [6.07, 6.45) is 4.23. The molecule has 3 aliphatic rings. The van der Waals surface area contributed by atoms with Gasteiger partial charge in [0.05, 0.1) is 6.54 Å². The lowest BCUT2D eigenvalue weighted by molar-refractivity contribution is -0.125. The number of fused-ring (bicyclic) bond motifs is 2. The summed E-state index contributed by atoms with van der Waals surface area (Å²) in [5.41, 5.74) is 4.09. The maximum atomic E-state index is 13.0. The number of carbonyl (C=O) groups excluding carboxylic acids is 1. The van der Waals surface area contributed by atoms with Gasteiger partial charge in [-0.3, -0.25) is 9.69 Å². The van der Waals surface area contributed by atoms with Gasteiger partial charge in [-0.05, 0) is 37.1 Å². The monoisotopic (exact) mass is 352 g/mol. The Hall–Kier alpha value is -1.69. The van der Waals surface area contributed by atoms with Crippen molar-refractivity contribution in [1.29, 1.82) is 0 Å². The van der Waals surface area contributed by atoms with Gasteiger partial charge >= 0.3 is 0 Å². The molecule has 1 aromatic heterocycles. The molecule has 2 aliphatic heterocycles. The van der Waals surface area contributed by atoms with Crippen LogP contribution in [0.15, 0.2) is 24.4 Å². The van der Waals surface area contributed by atoms with Crippen LogP contribution in [0.1, 0.15) is 23.5 Å². The molecule has 26 heavy (non-hydrogen) atoms. The number of likely N-dealkylation sites (N-methyl/N-ethyl adjacent to an activating group) is 1. The fourth-order valence-corrected chi connectivity index (χ4v) is 5.14. The minimum absolute atomic E-state index is 0.145.